The van der Waals surface area contributed by atoms with E-state index in [1.54, 1.807) is 11.3 Å². The van der Waals surface area contributed by atoms with E-state index in [-0.39, 0.29) is 5.69 Å². The fourth-order valence-electron chi connectivity index (χ4n) is 1.79. The van der Waals surface area contributed by atoms with Crippen molar-refractivity contribution in [2.24, 2.45) is 0 Å². The van der Waals surface area contributed by atoms with Crippen LogP contribution in [0.2, 0.25) is 0 Å². The van der Waals surface area contributed by atoms with E-state index in [9.17, 15) is 19.3 Å². The molecule has 8 heteroatoms. The van der Waals surface area contributed by atoms with Gasteiger partial charge in [0, 0.05) is 18.7 Å². The summed E-state index contributed by atoms with van der Waals surface area (Å²) in [7, 11) is 0. The van der Waals surface area contributed by atoms with Crippen LogP contribution in [0.15, 0.2) is 29.0 Å². The van der Waals surface area contributed by atoms with Gasteiger partial charge < -0.3 is 10.4 Å². The van der Waals surface area contributed by atoms with Gasteiger partial charge in [-0.15, -0.1) is 0 Å². The summed E-state index contributed by atoms with van der Waals surface area (Å²) in [4.78, 5) is 21.0. The van der Waals surface area contributed by atoms with Crippen molar-refractivity contribution in [3.8, 4) is 0 Å². The molecule has 0 radical (unpaired) electrons. The minimum absolute atomic E-state index is 0.0299. The highest BCUT2D eigenvalue weighted by Gasteiger charge is 2.21. The Morgan fingerprint density at radius 3 is 2.81 bits per heavy atom. The van der Waals surface area contributed by atoms with Gasteiger partial charge in [-0.1, -0.05) is 0 Å². The lowest BCUT2D eigenvalue weighted by Gasteiger charge is -2.08. The van der Waals surface area contributed by atoms with E-state index in [1.807, 2.05) is 16.8 Å². The monoisotopic (exact) mass is 310 g/mol. The zero-order chi connectivity index (χ0) is 15.4. The fraction of sp³-hybridized carbons (Fsp3) is 0.154. The van der Waals surface area contributed by atoms with Gasteiger partial charge in [0.05, 0.1) is 4.92 Å². The van der Waals surface area contributed by atoms with Crippen LogP contribution in [0.1, 0.15) is 15.9 Å². The summed E-state index contributed by atoms with van der Waals surface area (Å²) in [5.41, 5.74) is -0.139. The van der Waals surface area contributed by atoms with Gasteiger partial charge in [-0.05, 0) is 28.8 Å². The number of nitrogens with zero attached hydrogens (tertiary/aromatic N) is 1. The molecule has 0 unspecified atom stereocenters. The van der Waals surface area contributed by atoms with Gasteiger partial charge in [-0.3, -0.25) is 10.1 Å². The number of nitrogens with one attached hydrogen (secondary N) is 1. The Morgan fingerprint density at radius 2 is 2.24 bits per heavy atom. The smallest absolute Gasteiger partial charge is 0.338 e. The standard InChI is InChI=1S/C13H11FN2O4S/c14-10-6-11(15-3-1-8-2-4-21-7-8)12(16(19)20)5-9(10)13(17)18/h2,4-7,15H,1,3H2,(H,17,18). The van der Waals surface area contributed by atoms with Crippen LogP contribution in [0.25, 0.3) is 0 Å². The summed E-state index contributed by atoms with van der Waals surface area (Å²) >= 11 is 1.54. The van der Waals surface area contributed by atoms with Gasteiger partial charge in [0.2, 0.25) is 0 Å². The molecule has 2 N–H and O–H groups in total. The molecule has 0 aliphatic rings. The number of hydrogen-bond acceptors (Lipinski definition) is 5. The number of halogens is 1. The molecule has 0 atom stereocenters. The largest absolute Gasteiger partial charge is 0.478 e. The van der Waals surface area contributed by atoms with Crippen molar-refractivity contribution in [3.05, 3.63) is 56.0 Å². The maximum Gasteiger partial charge on any atom is 0.338 e. The van der Waals surface area contributed by atoms with E-state index in [4.69, 9.17) is 5.11 Å². The van der Waals surface area contributed by atoms with Crippen LogP contribution >= 0.6 is 11.3 Å². The number of anilines is 1. The highest BCUT2D eigenvalue weighted by molar-refractivity contribution is 7.07. The zero-order valence-electron chi connectivity index (χ0n) is 10.7. The van der Waals surface area contributed by atoms with Crippen LogP contribution in [0.3, 0.4) is 0 Å². The zero-order valence-corrected chi connectivity index (χ0v) is 11.5. The number of carbonyl (C=O) groups is 1. The number of carboxylic acid groups (broad SMARTS) is 1. The van der Waals surface area contributed by atoms with E-state index < -0.39 is 28.0 Å². The lowest BCUT2D eigenvalue weighted by atomic mass is 10.1. The van der Waals surface area contributed by atoms with Crippen LogP contribution in [0, 0.1) is 15.9 Å². The first-order chi connectivity index (χ1) is 9.99. The predicted molar refractivity (Wildman–Crippen MR) is 76.5 cm³/mol. The van der Waals surface area contributed by atoms with Crippen molar-refractivity contribution in [1.29, 1.82) is 0 Å². The highest BCUT2D eigenvalue weighted by atomic mass is 32.1. The number of benzene rings is 1. The Bertz CT molecular complexity index is 673. The van der Waals surface area contributed by atoms with Crippen molar-refractivity contribution in [1.82, 2.24) is 0 Å². The third kappa shape index (κ3) is 3.54. The summed E-state index contributed by atoms with van der Waals surface area (Å²) < 4.78 is 13.6. The number of nitro benzene ring substituents is 1. The molecule has 0 saturated heterocycles. The Balaban J connectivity index is 2.19. The first-order valence-electron chi connectivity index (χ1n) is 5.95. The molecule has 1 aromatic heterocycles. The molecule has 1 aromatic carbocycles. The van der Waals surface area contributed by atoms with Gasteiger partial charge >= 0.3 is 5.97 Å². The van der Waals surface area contributed by atoms with Crippen LogP contribution < -0.4 is 5.32 Å². The third-order valence-corrected chi connectivity index (χ3v) is 3.55. The van der Waals surface area contributed by atoms with Gasteiger partial charge in [0.15, 0.2) is 0 Å². The Labute approximate surface area is 123 Å². The minimum atomic E-state index is -1.54. The van der Waals surface area contributed by atoms with Crippen molar-refractivity contribution >= 4 is 28.7 Å². The lowest BCUT2D eigenvalue weighted by Crippen LogP contribution is -2.09. The summed E-state index contributed by atoms with van der Waals surface area (Å²) in [5.74, 6) is -2.55. The number of carboxylic acids is 1. The van der Waals surface area contributed by atoms with E-state index in [2.05, 4.69) is 5.32 Å². The highest BCUT2D eigenvalue weighted by Crippen LogP contribution is 2.28. The van der Waals surface area contributed by atoms with Gasteiger partial charge in [-0.25, -0.2) is 9.18 Å². The first-order valence-corrected chi connectivity index (χ1v) is 6.89. The third-order valence-electron chi connectivity index (χ3n) is 2.82. The summed E-state index contributed by atoms with van der Waals surface area (Å²) in [6, 6.07) is 3.49. The lowest BCUT2D eigenvalue weighted by molar-refractivity contribution is -0.384. The molecule has 1 heterocycles. The number of nitro groups is 1. The Hall–Kier alpha value is -2.48. The normalized spacial score (nSPS) is 10.3. The maximum atomic E-state index is 13.6. The molecule has 2 rings (SSSR count). The van der Waals surface area contributed by atoms with Crippen molar-refractivity contribution in [3.63, 3.8) is 0 Å². The second-order valence-electron chi connectivity index (χ2n) is 4.22. The van der Waals surface area contributed by atoms with E-state index in [1.165, 1.54) is 0 Å². The van der Waals surface area contributed by atoms with Gasteiger partial charge in [0.25, 0.3) is 5.69 Å². The molecular weight excluding hydrogens is 299 g/mol. The molecule has 110 valence electrons. The summed E-state index contributed by atoms with van der Waals surface area (Å²) in [5, 5.41) is 26.4. The van der Waals surface area contributed by atoms with Gasteiger partial charge in [0.1, 0.15) is 17.1 Å². The molecule has 6 nitrogen and oxygen atoms in total. The Morgan fingerprint density at radius 1 is 1.48 bits per heavy atom. The molecule has 0 amide bonds. The topological polar surface area (TPSA) is 92.5 Å². The van der Waals surface area contributed by atoms with E-state index >= 15 is 0 Å². The molecule has 0 saturated carbocycles. The van der Waals surface area contributed by atoms with E-state index in [0.717, 1.165) is 17.7 Å². The van der Waals surface area contributed by atoms with Crippen LogP contribution in [0.5, 0.6) is 0 Å². The quantitative estimate of drug-likeness (QED) is 0.631. The summed E-state index contributed by atoms with van der Waals surface area (Å²) in [6.07, 6.45) is 0.628. The van der Waals surface area contributed by atoms with Crippen LogP contribution in [-0.4, -0.2) is 22.5 Å². The van der Waals surface area contributed by atoms with Crippen LogP contribution in [-0.2, 0) is 6.42 Å². The second-order valence-corrected chi connectivity index (χ2v) is 5.00. The number of aromatic carboxylic acids is 1. The molecule has 0 aliphatic carbocycles. The average Bonchev–Trinajstić information content (AvgIpc) is 2.91. The Kier molecular flexibility index (Phi) is 4.49. The first kappa shape index (κ1) is 14.9. The van der Waals surface area contributed by atoms with E-state index in [0.29, 0.717) is 13.0 Å². The molecule has 21 heavy (non-hydrogen) atoms. The maximum absolute atomic E-state index is 13.6. The molecule has 0 fully saturated rings. The molecule has 2 aromatic rings. The number of rotatable bonds is 6. The average molecular weight is 310 g/mol. The molecule has 0 spiro atoms. The minimum Gasteiger partial charge on any atom is -0.478 e. The molecule has 0 bridgehead atoms. The predicted octanol–water partition coefficient (Wildman–Crippen LogP) is 3.15. The SMILES string of the molecule is O=C(O)c1cc([N+](=O)[O-])c(NCCc2ccsc2)cc1F. The van der Waals surface area contributed by atoms with Crippen molar-refractivity contribution < 1.29 is 19.2 Å². The fourth-order valence-corrected chi connectivity index (χ4v) is 2.50. The molecular formula is C13H11FN2O4S. The molecule has 0 aliphatic heterocycles. The number of hydrogen-bond donors (Lipinski definition) is 2. The van der Waals surface area contributed by atoms with Crippen molar-refractivity contribution in [2.45, 2.75) is 6.42 Å². The van der Waals surface area contributed by atoms with Crippen LogP contribution in [0.4, 0.5) is 15.8 Å². The van der Waals surface area contributed by atoms with Gasteiger partial charge in [-0.2, -0.15) is 11.3 Å². The summed E-state index contributed by atoms with van der Waals surface area (Å²) in [6.45, 7) is 0.378. The van der Waals surface area contributed by atoms with Crippen molar-refractivity contribution in [2.75, 3.05) is 11.9 Å². The number of thiophene rings is 1. The second kappa shape index (κ2) is 6.31.